The lowest BCUT2D eigenvalue weighted by atomic mass is 10.1. The van der Waals surface area contributed by atoms with Crippen LogP contribution in [0.5, 0.6) is 0 Å². The van der Waals surface area contributed by atoms with Gasteiger partial charge in [0.15, 0.2) is 0 Å². The van der Waals surface area contributed by atoms with Crippen molar-refractivity contribution in [2.45, 2.75) is 32.5 Å². The molecule has 106 valence electrons. The summed E-state index contributed by atoms with van der Waals surface area (Å²) < 4.78 is 1.76. The second-order valence-corrected chi connectivity index (χ2v) is 4.76. The van der Waals surface area contributed by atoms with Gasteiger partial charge in [-0.3, -0.25) is 14.8 Å². The molecule has 0 radical (unpaired) electrons. The van der Waals surface area contributed by atoms with Crippen LogP contribution in [-0.2, 0) is 6.54 Å². The summed E-state index contributed by atoms with van der Waals surface area (Å²) >= 11 is 0. The Hall–Kier alpha value is -2.28. The Morgan fingerprint density at radius 3 is 2.60 bits per heavy atom. The first-order chi connectivity index (χ1) is 9.56. The Morgan fingerprint density at radius 1 is 1.35 bits per heavy atom. The Balaban J connectivity index is 1.93. The van der Waals surface area contributed by atoms with E-state index in [0.717, 1.165) is 12.1 Å². The van der Waals surface area contributed by atoms with Gasteiger partial charge >= 0.3 is 0 Å². The summed E-state index contributed by atoms with van der Waals surface area (Å²) in [4.78, 5) is 14.1. The molecule has 0 aliphatic rings. The molecule has 2 rings (SSSR count). The fourth-order valence-electron chi connectivity index (χ4n) is 2.07. The molecule has 0 aliphatic carbocycles. The molecule has 0 aliphatic heterocycles. The van der Waals surface area contributed by atoms with Gasteiger partial charge in [-0.2, -0.15) is 5.10 Å². The summed E-state index contributed by atoms with van der Waals surface area (Å²) in [5.41, 5.74) is 1.12. The lowest BCUT2D eigenvalue weighted by Crippen LogP contribution is -2.32. The Labute approximate surface area is 116 Å². The topological polar surface area (TPSA) is 85.9 Å². The molecule has 0 amide bonds. The van der Waals surface area contributed by atoms with Gasteiger partial charge in [0.2, 0.25) is 0 Å². The van der Waals surface area contributed by atoms with E-state index in [1.165, 1.54) is 18.5 Å². The molecule has 2 atom stereocenters. The summed E-state index contributed by atoms with van der Waals surface area (Å²) in [7, 11) is 0. The smallest absolute Gasteiger partial charge is 0.269 e. The van der Waals surface area contributed by atoms with Crippen LogP contribution in [0.15, 0.2) is 36.9 Å². The molecule has 7 nitrogen and oxygen atoms in total. The molecule has 1 aromatic heterocycles. The van der Waals surface area contributed by atoms with Crippen molar-refractivity contribution in [3.8, 4) is 0 Å². The number of hydrogen-bond donors (Lipinski definition) is 1. The van der Waals surface area contributed by atoms with Crippen LogP contribution in [0.1, 0.15) is 25.5 Å². The van der Waals surface area contributed by atoms with Crippen molar-refractivity contribution in [3.63, 3.8) is 0 Å². The number of rotatable bonds is 6. The molecule has 0 saturated heterocycles. The summed E-state index contributed by atoms with van der Waals surface area (Å²) in [6.45, 7) is 4.81. The first kappa shape index (κ1) is 14.1. The quantitative estimate of drug-likeness (QED) is 0.643. The molecule has 2 aromatic rings. The molecular formula is C13H17N5O2. The summed E-state index contributed by atoms with van der Waals surface area (Å²) in [6.07, 6.45) is 3.18. The van der Waals surface area contributed by atoms with Gasteiger partial charge in [0.05, 0.1) is 11.5 Å². The molecule has 20 heavy (non-hydrogen) atoms. The van der Waals surface area contributed by atoms with Crippen molar-refractivity contribution in [2.24, 2.45) is 0 Å². The normalized spacial score (nSPS) is 13.9. The minimum Gasteiger partial charge on any atom is -0.306 e. The lowest BCUT2D eigenvalue weighted by molar-refractivity contribution is -0.384. The SMILES string of the molecule is C[C@H](N[C@@H](C)Cn1cncn1)c1ccc([N+](=O)[O-])cc1. The van der Waals surface area contributed by atoms with E-state index < -0.39 is 4.92 Å². The average molecular weight is 275 g/mol. The summed E-state index contributed by atoms with van der Waals surface area (Å²) in [5, 5.41) is 18.1. The van der Waals surface area contributed by atoms with Crippen LogP contribution in [-0.4, -0.2) is 25.7 Å². The molecule has 0 saturated carbocycles. The summed E-state index contributed by atoms with van der Waals surface area (Å²) in [6, 6.07) is 6.91. The zero-order valence-electron chi connectivity index (χ0n) is 11.4. The van der Waals surface area contributed by atoms with Crippen molar-refractivity contribution < 1.29 is 4.92 Å². The predicted molar refractivity (Wildman–Crippen MR) is 74.1 cm³/mol. The molecule has 7 heteroatoms. The third-order valence-corrected chi connectivity index (χ3v) is 3.07. The predicted octanol–water partition coefficient (Wildman–Crippen LogP) is 1.93. The maximum Gasteiger partial charge on any atom is 0.269 e. The molecule has 0 fully saturated rings. The number of nitro benzene ring substituents is 1. The van der Waals surface area contributed by atoms with E-state index in [2.05, 4.69) is 22.3 Å². The van der Waals surface area contributed by atoms with Crippen molar-refractivity contribution in [2.75, 3.05) is 0 Å². The van der Waals surface area contributed by atoms with E-state index in [1.807, 2.05) is 6.92 Å². The number of nitro groups is 1. The van der Waals surface area contributed by atoms with Crippen molar-refractivity contribution in [3.05, 3.63) is 52.6 Å². The minimum absolute atomic E-state index is 0.106. The standard InChI is InChI=1S/C13H17N5O2/c1-10(7-17-9-14-8-15-17)16-11(2)12-3-5-13(6-4-12)18(19)20/h3-6,8-11,16H,7H2,1-2H3/t10-,11-/m0/s1. The molecular weight excluding hydrogens is 258 g/mol. The monoisotopic (exact) mass is 275 g/mol. The van der Waals surface area contributed by atoms with E-state index in [-0.39, 0.29) is 17.8 Å². The highest BCUT2D eigenvalue weighted by molar-refractivity contribution is 5.34. The average Bonchev–Trinajstić information content (AvgIpc) is 2.91. The molecule has 0 unspecified atom stereocenters. The van der Waals surface area contributed by atoms with Crippen molar-refractivity contribution in [1.29, 1.82) is 0 Å². The van der Waals surface area contributed by atoms with E-state index in [4.69, 9.17) is 0 Å². The number of nitrogens with zero attached hydrogens (tertiary/aromatic N) is 4. The first-order valence-corrected chi connectivity index (χ1v) is 6.39. The van der Waals surface area contributed by atoms with Crippen LogP contribution in [0.2, 0.25) is 0 Å². The van der Waals surface area contributed by atoms with Gasteiger partial charge in [-0.15, -0.1) is 0 Å². The van der Waals surface area contributed by atoms with Crippen LogP contribution in [0.4, 0.5) is 5.69 Å². The van der Waals surface area contributed by atoms with E-state index in [0.29, 0.717) is 0 Å². The summed E-state index contributed by atoms with van der Waals surface area (Å²) in [5.74, 6) is 0. The van der Waals surface area contributed by atoms with Gasteiger partial charge in [-0.05, 0) is 19.4 Å². The highest BCUT2D eigenvalue weighted by atomic mass is 16.6. The largest absolute Gasteiger partial charge is 0.306 e. The molecule has 0 bridgehead atoms. The number of nitrogens with one attached hydrogen (secondary N) is 1. The first-order valence-electron chi connectivity index (χ1n) is 6.39. The van der Waals surface area contributed by atoms with E-state index in [1.54, 1.807) is 23.1 Å². The molecule has 1 heterocycles. The third-order valence-electron chi connectivity index (χ3n) is 3.07. The van der Waals surface area contributed by atoms with Gasteiger partial charge in [-0.25, -0.2) is 4.98 Å². The fraction of sp³-hybridized carbons (Fsp3) is 0.385. The van der Waals surface area contributed by atoms with Crippen LogP contribution in [0.3, 0.4) is 0 Å². The van der Waals surface area contributed by atoms with E-state index >= 15 is 0 Å². The zero-order valence-corrected chi connectivity index (χ0v) is 11.4. The van der Waals surface area contributed by atoms with Crippen LogP contribution in [0.25, 0.3) is 0 Å². The highest BCUT2D eigenvalue weighted by Gasteiger charge is 2.12. The van der Waals surface area contributed by atoms with Crippen LogP contribution < -0.4 is 5.32 Å². The maximum absolute atomic E-state index is 10.6. The minimum atomic E-state index is -0.394. The van der Waals surface area contributed by atoms with E-state index in [9.17, 15) is 10.1 Å². The zero-order chi connectivity index (χ0) is 14.5. The maximum atomic E-state index is 10.6. The Bertz CT molecular complexity index is 553. The van der Waals surface area contributed by atoms with Crippen molar-refractivity contribution >= 4 is 5.69 Å². The second-order valence-electron chi connectivity index (χ2n) is 4.76. The fourth-order valence-corrected chi connectivity index (χ4v) is 2.07. The highest BCUT2D eigenvalue weighted by Crippen LogP contribution is 2.17. The molecule has 0 spiro atoms. The van der Waals surface area contributed by atoms with Crippen LogP contribution in [0, 0.1) is 10.1 Å². The number of non-ortho nitro benzene ring substituents is 1. The number of hydrogen-bond acceptors (Lipinski definition) is 5. The number of benzene rings is 1. The number of aromatic nitrogens is 3. The molecule has 1 N–H and O–H groups in total. The second kappa shape index (κ2) is 6.25. The van der Waals surface area contributed by atoms with Gasteiger partial charge in [0.25, 0.3) is 5.69 Å². The Morgan fingerprint density at radius 2 is 2.05 bits per heavy atom. The molecule has 1 aromatic carbocycles. The lowest BCUT2D eigenvalue weighted by Gasteiger charge is -2.20. The van der Waals surface area contributed by atoms with Gasteiger partial charge in [0, 0.05) is 24.2 Å². The third kappa shape index (κ3) is 3.61. The van der Waals surface area contributed by atoms with Gasteiger partial charge in [0.1, 0.15) is 12.7 Å². The Kier molecular flexibility index (Phi) is 4.41. The van der Waals surface area contributed by atoms with Gasteiger partial charge in [-0.1, -0.05) is 12.1 Å². The van der Waals surface area contributed by atoms with Crippen molar-refractivity contribution in [1.82, 2.24) is 20.1 Å². The van der Waals surface area contributed by atoms with Crippen LogP contribution >= 0.6 is 0 Å². The van der Waals surface area contributed by atoms with Gasteiger partial charge < -0.3 is 5.32 Å².